The number of carbonyl (C=O) groups excluding carboxylic acids is 1. The standard InChI is InChI=1S/C21H21N5OS2/c1-14-12-26-13-15(23-21(26)29-14)11-22-20(27)16-6-7-17(18-5-4-10-28-18)24-19(16)25-8-2-3-9-25/h4-7,10,12-13H,2-3,8-9,11H2,1H3,(H,22,27). The zero-order valence-electron chi connectivity index (χ0n) is 16.1. The topological polar surface area (TPSA) is 62.5 Å². The van der Waals surface area contributed by atoms with E-state index in [1.807, 2.05) is 34.2 Å². The number of aryl methyl sites for hydroxylation is 1. The van der Waals surface area contributed by atoms with Crippen LogP contribution >= 0.6 is 22.7 Å². The van der Waals surface area contributed by atoms with Gasteiger partial charge in [-0.25, -0.2) is 9.97 Å². The monoisotopic (exact) mass is 423 g/mol. The van der Waals surface area contributed by atoms with Crippen molar-refractivity contribution in [2.45, 2.75) is 26.3 Å². The second-order valence-electron chi connectivity index (χ2n) is 7.19. The minimum atomic E-state index is -0.107. The van der Waals surface area contributed by atoms with Crippen LogP contribution in [-0.2, 0) is 6.54 Å². The van der Waals surface area contributed by atoms with Gasteiger partial charge in [0, 0.05) is 30.4 Å². The number of aromatic nitrogens is 3. The molecule has 1 amide bonds. The van der Waals surface area contributed by atoms with Crippen LogP contribution in [0, 0.1) is 6.92 Å². The number of nitrogens with one attached hydrogen (secondary N) is 1. The van der Waals surface area contributed by atoms with Gasteiger partial charge in [-0.05, 0) is 43.3 Å². The quantitative estimate of drug-likeness (QED) is 0.518. The number of anilines is 1. The Bertz CT molecular complexity index is 1120. The van der Waals surface area contributed by atoms with Gasteiger partial charge < -0.3 is 10.2 Å². The summed E-state index contributed by atoms with van der Waals surface area (Å²) in [6.45, 7) is 4.35. The molecular weight excluding hydrogens is 402 g/mol. The van der Waals surface area contributed by atoms with Crippen LogP contribution in [-0.4, -0.2) is 33.4 Å². The number of fused-ring (bicyclic) bond motifs is 1. The van der Waals surface area contributed by atoms with Crippen molar-refractivity contribution in [3.8, 4) is 10.6 Å². The average molecular weight is 424 g/mol. The van der Waals surface area contributed by atoms with Gasteiger partial charge in [0.2, 0.25) is 0 Å². The van der Waals surface area contributed by atoms with Crippen LogP contribution in [0.2, 0.25) is 0 Å². The normalized spacial score (nSPS) is 14.0. The molecule has 1 aliphatic heterocycles. The molecule has 5 rings (SSSR count). The Morgan fingerprint density at radius 3 is 2.79 bits per heavy atom. The Kier molecular flexibility index (Phi) is 4.81. The molecule has 4 aromatic rings. The van der Waals surface area contributed by atoms with Crippen LogP contribution < -0.4 is 10.2 Å². The molecule has 8 heteroatoms. The number of pyridine rings is 1. The number of imidazole rings is 1. The van der Waals surface area contributed by atoms with Crippen molar-refractivity contribution in [1.82, 2.24) is 19.7 Å². The lowest BCUT2D eigenvalue weighted by molar-refractivity contribution is 0.0950. The average Bonchev–Trinajstić information content (AvgIpc) is 3.50. The number of nitrogens with zero attached hydrogens (tertiary/aromatic N) is 4. The minimum absolute atomic E-state index is 0.107. The summed E-state index contributed by atoms with van der Waals surface area (Å²) in [5.41, 5.74) is 2.41. The third-order valence-corrected chi connectivity index (χ3v) is 6.85. The molecule has 4 aromatic heterocycles. The molecule has 0 aromatic carbocycles. The third kappa shape index (κ3) is 3.65. The van der Waals surface area contributed by atoms with Crippen LogP contribution in [0.15, 0.2) is 42.0 Å². The molecule has 0 saturated carbocycles. The molecule has 0 bridgehead atoms. The number of amides is 1. The summed E-state index contributed by atoms with van der Waals surface area (Å²) in [4.78, 5) is 28.0. The predicted octanol–water partition coefficient (Wildman–Crippen LogP) is 4.36. The second kappa shape index (κ2) is 7.61. The number of hydrogen-bond donors (Lipinski definition) is 1. The van der Waals surface area contributed by atoms with Gasteiger partial charge in [0.05, 0.1) is 28.4 Å². The summed E-state index contributed by atoms with van der Waals surface area (Å²) >= 11 is 3.31. The summed E-state index contributed by atoms with van der Waals surface area (Å²) in [5, 5.41) is 5.07. The molecule has 1 saturated heterocycles. The van der Waals surface area contributed by atoms with Crippen molar-refractivity contribution < 1.29 is 4.79 Å². The maximum atomic E-state index is 13.0. The van der Waals surface area contributed by atoms with Crippen LogP contribution in [0.4, 0.5) is 5.82 Å². The first-order valence-electron chi connectivity index (χ1n) is 9.69. The van der Waals surface area contributed by atoms with Crippen LogP contribution in [0.1, 0.15) is 33.8 Å². The Morgan fingerprint density at radius 1 is 1.17 bits per heavy atom. The van der Waals surface area contributed by atoms with Crippen LogP contribution in [0.3, 0.4) is 0 Å². The lowest BCUT2D eigenvalue weighted by atomic mass is 10.2. The molecule has 0 unspecified atom stereocenters. The van der Waals surface area contributed by atoms with Crippen molar-refractivity contribution in [3.63, 3.8) is 0 Å². The zero-order chi connectivity index (χ0) is 19.8. The van der Waals surface area contributed by atoms with Gasteiger partial charge in [-0.15, -0.1) is 22.7 Å². The van der Waals surface area contributed by atoms with Crippen molar-refractivity contribution >= 4 is 39.4 Å². The minimum Gasteiger partial charge on any atom is -0.356 e. The number of rotatable bonds is 5. The first-order valence-corrected chi connectivity index (χ1v) is 11.4. The van der Waals surface area contributed by atoms with E-state index in [1.165, 1.54) is 4.88 Å². The molecular formula is C21H21N5OS2. The number of thiophene rings is 1. The van der Waals surface area contributed by atoms with Crippen molar-refractivity contribution in [2.75, 3.05) is 18.0 Å². The summed E-state index contributed by atoms with van der Waals surface area (Å²) in [6.07, 6.45) is 6.29. The molecule has 29 heavy (non-hydrogen) atoms. The van der Waals surface area contributed by atoms with Crippen LogP contribution in [0.25, 0.3) is 15.5 Å². The summed E-state index contributed by atoms with van der Waals surface area (Å²) in [6, 6.07) is 7.93. The van der Waals surface area contributed by atoms with Gasteiger partial charge in [0.25, 0.3) is 5.91 Å². The van der Waals surface area contributed by atoms with E-state index in [0.29, 0.717) is 12.1 Å². The molecule has 0 radical (unpaired) electrons. The molecule has 0 spiro atoms. The van der Waals surface area contributed by atoms with Crippen molar-refractivity contribution in [1.29, 1.82) is 0 Å². The van der Waals surface area contributed by atoms with Gasteiger partial charge in [-0.2, -0.15) is 0 Å². The largest absolute Gasteiger partial charge is 0.356 e. The zero-order valence-corrected chi connectivity index (χ0v) is 17.7. The molecule has 1 aliphatic rings. The van der Waals surface area contributed by atoms with E-state index >= 15 is 0 Å². The van der Waals surface area contributed by atoms with E-state index in [-0.39, 0.29) is 5.91 Å². The number of carbonyl (C=O) groups is 1. The maximum absolute atomic E-state index is 13.0. The fourth-order valence-corrected chi connectivity index (χ4v) is 5.19. The molecule has 5 heterocycles. The lowest BCUT2D eigenvalue weighted by Gasteiger charge is -2.20. The fraction of sp³-hybridized carbons (Fsp3) is 0.286. The summed E-state index contributed by atoms with van der Waals surface area (Å²) in [7, 11) is 0. The smallest absolute Gasteiger partial charge is 0.255 e. The number of hydrogen-bond acceptors (Lipinski definition) is 6. The van der Waals surface area contributed by atoms with Gasteiger partial charge in [0.1, 0.15) is 5.82 Å². The van der Waals surface area contributed by atoms with Crippen LogP contribution in [0.5, 0.6) is 0 Å². The first-order chi connectivity index (χ1) is 14.2. The Balaban J connectivity index is 1.39. The molecule has 0 aliphatic carbocycles. The highest BCUT2D eigenvalue weighted by atomic mass is 32.1. The number of thiazole rings is 1. The highest BCUT2D eigenvalue weighted by Crippen LogP contribution is 2.29. The summed E-state index contributed by atoms with van der Waals surface area (Å²) < 4.78 is 2.01. The molecule has 148 valence electrons. The molecule has 0 atom stereocenters. The third-order valence-electron chi connectivity index (χ3n) is 5.05. The first kappa shape index (κ1) is 18.3. The second-order valence-corrected chi connectivity index (χ2v) is 9.35. The van der Waals surface area contributed by atoms with E-state index in [1.54, 1.807) is 22.7 Å². The highest BCUT2D eigenvalue weighted by molar-refractivity contribution is 7.17. The lowest BCUT2D eigenvalue weighted by Crippen LogP contribution is -2.28. The van der Waals surface area contributed by atoms with Gasteiger partial charge in [-0.1, -0.05) is 6.07 Å². The predicted molar refractivity (Wildman–Crippen MR) is 118 cm³/mol. The Hall–Kier alpha value is -2.71. The SMILES string of the molecule is Cc1cn2cc(CNC(=O)c3ccc(-c4cccs4)nc3N3CCCC3)nc2s1. The van der Waals surface area contributed by atoms with Crippen molar-refractivity contribution in [3.05, 3.63) is 58.2 Å². The van der Waals surface area contributed by atoms with E-state index in [4.69, 9.17) is 4.98 Å². The van der Waals surface area contributed by atoms with Crippen molar-refractivity contribution in [2.24, 2.45) is 0 Å². The molecule has 1 fully saturated rings. The van der Waals surface area contributed by atoms with Gasteiger partial charge in [-0.3, -0.25) is 9.20 Å². The van der Waals surface area contributed by atoms with E-state index in [2.05, 4.69) is 34.4 Å². The molecule has 6 nitrogen and oxygen atoms in total. The Morgan fingerprint density at radius 2 is 2.03 bits per heavy atom. The summed E-state index contributed by atoms with van der Waals surface area (Å²) in [5.74, 6) is 0.678. The molecule has 1 N–H and O–H groups in total. The Labute approximate surface area is 176 Å². The maximum Gasteiger partial charge on any atom is 0.255 e. The van der Waals surface area contributed by atoms with Gasteiger partial charge >= 0.3 is 0 Å². The fourth-order valence-electron chi connectivity index (χ4n) is 3.67. The van der Waals surface area contributed by atoms with Gasteiger partial charge in [0.15, 0.2) is 4.96 Å². The van der Waals surface area contributed by atoms with E-state index < -0.39 is 0 Å². The van der Waals surface area contributed by atoms with E-state index in [0.717, 1.165) is 53.0 Å². The van der Waals surface area contributed by atoms with E-state index in [9.17, 15) is 4.79 Å². The highest BCUT2D eigenvalue weighted by Gasteiger charge is 2.22.